The van der Waals surface area contributed by atoms with Gasteiger partial charge in [0.1, 0.15) is 6.04 Å². The Kier molecular flexibility index (Phi) is 10.8. The number of carboxylic acid groups (broad SMARTS) is 1. The molecule has 1 unspecified atom stereocenters. The number of carbonyl (C=O) groups is 2. The first-order chi connectivity index (χ1) is 16.8. The Morgan fingerprint density at radius 2 is 1.69 bits per heavy atom. The zero-order valence-electron chi connectivity index (χ0n) is 21.5. The Morgan fingerprint density at radius 3 is 2.29 bits per heavy atom. The van der Waals surface area contributed by atoms with Crippen LogP contribution in [0.15, 0.2) is 24.3 Å². The molecule has 0 aromatic heterocycles. The summed E-state index contributed by atoms with van der Waals surface area (Å²) in [7, 11) is 0. The molecule has 1 aliphatic carbocycles. The van der Waals surface area contributed by atoms with E-state index in [-0.39, 0.29) is 11.8 Å². The van der Waals surface area contributed by atoms with Gasteiger partial charge in [-0.3, -0.25) is 9.59 Å². The van der Waals surface area contributed by atoms with E-state index < -0.39 is 18.3 Å². The Labute approximate surface area is 209 Å². The zero-order valence-corrected chi connectivity index (χ0v) is 21.5. The van der Waals surface area contributed by atoms with Crippen molar-refractivity contribution in [2.45, 2.75) is 78.0 Å². The lowest BCUT2D eigenvalue weighted by molar-refractivity contribution is -0.163. The summed E-state index contributed by atoms with van der Waals surface area (Å²) in [5.41, 5.74) is 4.08. The van der Waals surface area contributed by atoms with Gasteiger partial charge in [-0.2, -0.15) is 0 Å². The van der Waals surface area contributed by atoms with Gasteiger partial charge in [-0.05, 0) is 81.2 Å². The average Bonchev–Trinajstić information content (AvgIpc) is 2.87. The number of hydrogen-bond donors (Lipinski definition) is 3. The smallest absolute Gasteiger partial charge is 0.320 e. The fraction of sp³-hybridized carbons (Fsp3) is 0.704. The van der Waals surface area contributed by atoms with Gasteiger partial charge in [-0.1, -0.05) is 33.1 Å². The summed E-state index contributed by atoms with van der Waals surface area (Å²) in [5, 5.41) is 13.1. The maximum atomic E-state index is 12.4. The van der Waals surface area contributed by atoms with Crippen molar-refractivity contribution in [1.82, 2.24) is 10.8 Å². The first-order valence-electron chi connectivity index (χ1n) is 13.2. The van der Waals surface area contributed by atoms with Crippen molar-refractivity contribution < 1.29 is 24.3 Å². The van der Waals surface area contributed by atoms with Gasteiger partial charge in [0, 0.05) is 24.3 Å². The first-order valence-corrected chi connectivity index (χ1v) is 13.2. The molecule has 1 saturated heterocycles. The molecule has 0 radical (unpaired) electrons. The number of hydrogen-bond acceptors (Lipinski definition) is 6. The van der Waals surface area contributed by atoms with Gasteiger partial charge < -0.3 is 20.1 Å². The molecule has 196 valence electrons. The number of nitrogens with one attached hydrogen (secondary N) is 2. The summed E-state index contributed by atoms with van der Waals surface area (Å²) in [6.07, 6.45) is 7.10. The number of amides is 1. The third-order valence-corrected chi connectivity index (χ3v) is 7.10. The van der Waals surface area contributed by atoms with Gasteiger partial charge in [0.15, 0.2) is 6.29 Å². The molecule has 1 aliphatic heterocycles. The Hall–Kier alpha value is -2.16. The molecular formula is C27H43N3O5. The Balaban J connectivity index is 1.40. The highest BCUT2D eigenvalue weighted by Gasteiger charge is 2.30. The SMILES string of the molecule is CC(C)COC(C)ONC(=O)c1ccc(N2CCC(CN[C@H](C(=O)O)C3CCCCC3)CC2)cc1. The number of benzene rings is 1. The normalized spacial score (nSPS) is 19.5. The third-order valence-electron chi connectivity index (χ3n) is 7.10. The second-order valence-corrected chi connectivity index (χ2v) is 10.4. The van der Waals surface area contributed by atoms with Crippen LogP contribution in [-0.2, 0) is 14.4 Å². The minimum atomic E-state index is -0.707. The van der Waals surface area contributed by atoms with Crippen LogP contribution in [0.3, 0.4) is 0 Å². The Bertz CT molecular complexity index is 787. The predicted octanol–water partition coefficient (Wildman–Crippen LogP) is 4.21. The van der Waals surface area contributed by atoms with E-state index in [0.29, 0.717) is 24.0 Å². The van der Waals surface area contributed by atoms with Gasteiger partial charge in [-0.25, -0.2) is 10.3 Å². The fourth-order valence-electron chi connectivity index (χ4n) is 4.99. The minimum absolute atomic E-state index is 0.262. The number of carboxylic acids is 1. The molecule has 1 amide bonds. The van der Waals surface area contributed by atoms with Crippen LogP contribution >= 0.6 is 0 Å². The van der Waals surface area contributed by atoms with E-state index >= 15 is 0 Å². The molecule has 2 atom stereocenters. The molecule has 8 heteroatoms. The van der Waals surface area contributed by atoms with Crippen LogP contribution in [0.1, 0.15) is 76.1 Å². The lowest BCUT2D eigenvalue weighted by atomic mass is 9.83. The maximum absolute atomic E-state index is 12.4. The lowest BCUT2D eigenvalue weighted by Crippen LogP contribution is -2.47. The second-order valence-electron chi connectivity index (χ2n) is 10.4. The summed E-state index contributed by atoms with van der Waals surface area (Å²) >= 11 is 0. The number of nitrogens with zero attached hydrogens (tertiary/aromatic N) is 1. The van der Waals surface area contributed by atoms with E-state index in [0.717, 1.165) is 63.8 Å². The molecule has 35 heavy (non-hydrogen) atoms. The van der Waals surface area contributed by atoms with Gasteiger partial charge in [0.05, 0.1) is 6.61 Å². The Morgan fingerprint density at radius 1 is 1.03 bits per heavy atom. The molecular weight excluding hydrogens is 446 g/mol. The summed E-state index contributed by atoms with van der Waals surface area (Å²) in [5.74, 6) is 0.138. The molecule has 2 fully saturated rings. The third kappa shape index (κ3) is 8.78. The van der Waals surface area contributed by atoms with Crippen molar-refractivity contribution in [3.63, 3.8) is 0 Å². The van der Waals surface area contributed by atoms with Crippen molar-refractivity contribution >= 4 is 17.6 Å². The predicted molar refractivity (Wildman–Crippen MR) is 136 cm³/mol. The molecule has 3 N–H and O–H groups in total. The maximum Gasteiger partial charge on any atom is 0.320 e. The number of anilines is 1. The van der Waals surface area contributed by atoms with E-state index in [2.05, 4.69) is 29.5 Å². The zero-order chi connectivity index (χ0) is 25.2. The van der Waals surface area contributed by atoms with Crippen LogP contribution in [0.4, 0.5) is 5.69 Å². The number of ether oxygens (including phenoxy) is 1. The molecule has 1 aromatic rings. The van der Waals surface area contributed by atoms with E-state index in [4.69, 9.17) is 9.57 Å². The fourth-order valence-corrected chi connectivity index (χ4v) is 4.99. The van der Waals surface area contributed by atoms with Crippen molar-refractivity contribution in [3.05, 3.63) is 29.8 Å². The highest BCUT2D eigenvalue weighted by atomic mass is 16.8. The van der Waals surface area contributed by atoms with Crippen LogP contribution in [0, 0.1) is 17.8 Å². The summed E-state index contributed by atoms with van der Waals surface area (Å²) in [6, 6.07) is 7.14. The van der Waals surface area contributed by atoms with Gasteiger partial charge in [0.25, 0.3) is 5.91 Å². The molecule has 1 aromatic carbocycles. The van der Waals surface area contributed by atoms with Crippen molar-refractivity contribution in [3.8, 4) is 0 Å². The van der Waals surface area contributed by atoms with E-state index in [1.165, 1.54) is 6.42 Å². The molecule has 2 aliphatic rings. The average molecular weight is 490 g/mol. The molecule has 3 rings (SSSR count). The van der Waals surface area contributed by atoms with Gasteiger partial charge >= 0.3 is 5.97 Å². The number of hydroxylamine groups is 1. The standard InChI is InChI=1S/C27H43N3O5/c1-19(2)18-34-20(3)35-29-26(31)23-9-11-24(12-10-23)30-15-13-21(14-16-30)17-28-25(27(32)33)22-7-5-4-6-8-22/h9-12,19-22,25,28H,4-8,13-18H2,1-3H3,(H,29,31)(H,32,33)/t20?,25-/m0/s1. The largest absolute Gasteiger partial charge is 0.480 e. The summed E-state index contributed by atoms with van der Waals surface area (Å²) in [4.78, 5) is 31.8. The monoisotopic (exact) mass is 489 g/mol. The van der Waals surface area contributed by atoms with E-state index in [9.17, 15) is 14.7 Å². The van der Waals surface area contributed by atoms with Gasteiger partial charge in [-0.15, -0.1) is 0 Å². The first kappa shape index (κ1) is 27.4. The molecule has 0 bridgehead atoms. The van der Waals surface area contributed by atoms with E-state index in [1.54, 1.807) is 6.92 Å². The highest BCUT2D eigenvalue weighted by Crippen LogP contribution is 2.28. The number of rotatable bonds is 12. The van der Waals surface area contributed by atoms with Crippen LogP contribution < -0.4 is 15.7 Å². The van der Waals surface area contributed by atoms with Crippen LogP contribution in [0.5, 0.6) is 0 Å². The topological polar surface area (TPSA) is 100 Å². The van der Waals surface area contributed by atoms with Crippen LogP contribution in [-0.4, -0.2) is 55.6 Å². The number of piperidine rings is 1. The molecule has 1 saturated carbocycles. The van der Waals surface area contributed by atoms with E-state index in [1.807, 2.05) is 24.3 Å². The summed E-state index contributed by atoms with van der Waals surface area (Å²) < 4.78 is 5.49. The second kappa shape index (κ2) is 13.8. The molecule has 1 heterocycles. The van der Waals surface area contributed by atoms with Crippen molar-refractivity contribution in [2.24, 2.45) is 17.8 Å². The van der Waals surface area contributed by atoms with Crippen LogP contribution in [0.2, 0.25) is 0 Å². The molecule has 0 spiro atoms. The highest BCUT2D eigenvalue weighted by molar-refractivity contribution is 5.93. The quantitative estimate of drug-likeness (QED) is 0.299. The number of carbonyl (C=O) groups excluding carboxylic acids is 1. The van der Waals surface area contributed by atoms with Crippen molar-refractivity contribution in [1.29, 1.82) is 0 Å². The number of aliphatic carboxylic acids is 1. The summed E-state index contributed by atoms with van der Waals surface area (Å²) in [6.45, 7) is 9.04. The lowest BCUT2D eigenvalue weighted by Gasteiger charge is -2.35. The molecule has 8 nitrogen and oxygen atoms in total. The minimum Gasteiger partial charge on any atom is -0.480 e. The van der Waals surface area contributed by atoms with Crippen LogP contribution in [0.25, 0.3) is 0 Å². The van der Waals surface area contributed by atoms with Crippen molar-refractivity contribution in [2.75, 3.05) is 31.1 Å². The van der Waals surface area contributed by atoms with Gasteiger partial charge in [0.2, 0.25) is 0 Å².